The quantitative estimate of drug-likeness (QED) is 0.769. The zero-order chi connectivity index (χ0) is 10.3. The summed E-state index contributed by atoms with van der Waals surface area (Å²) in [6.45, 7) is 0. The Morgan fingerprint density at radius 3 is 2.73 bits per heavy atom. The van der Waals surface area contributed by atoms with Gasteiger partial charge in [0.05, 0.1) is 6.26 Å². The summed E-state index contributed by atoms with van der Waals surface area (Å²) in [6.07, 6.45) is 6.44. The molecule has 1 aromatic carbocycles. The van der Waals surface area contributed by atoms with Gasteiger partial charge in [0.1, 0.15) is 5.58 Å². The number of benzene rings is 1. The number of furan rings is 1. The first-order chi connectivity index (χ1) is 7.28. The predicted molar refractivity (Wildman–Crippen MR) is 60.5 cm³/mol. The van der Waals surface area contributed by atoms with Crippen LogP contribution in [-0.4, -0.2) is 0 Å². The molecule has 78 valence electrons. The van der Waals surface area contributed by atoms with E-state index in [0.717, 1.165) is 23.8 Å². The molecule has 0 atom stereocenters. The number of hydrogen-bond donors (Lipinski definition) is 1. The van der Waals surface area contributed by atoms with Gasteiger partial charge in [-0.2, -0.15) is 0 Å². The average molecular weight is 201 g/mol. The fourth-order valence-corrected chi connectivity index (χ4v) is 2.57. The first kappa shape index (κ1) is 8.98. The molecule has 2 aromatic rings. The molecule has 0 aliphatic heterocycles. The van der Waals surface area contributed by atoms with E-state index in [0.29, 0.717) is 0 Å². The first-order valence-electron chi connectivity index (χ1n) is 5.55. The molecule has 0 saturated heterocycles. The fraction of sp³-hybridized carbons (Fsp3) is 0.385. The van der Waals surface area contributed by atoms with E-state index >= 15 is 0 Å². The van der Waals surface area contributed by atoms with Gasteiger partial charge in [0.25, 0.3) is 0 Å². The van der Waals surface area contributed by atoms with Crippen LogP contribution in [0.3, 0.4) is 0 Å². The highest BCUT2D eigenvalue weighted by Gasteiger charge is 2.31. The van der Waals surface area contributed by atoms with Gasteiger partial charge in [0.15, 0.2) is 0 Å². The summed E-state index contributed by atoms with van der Waals surface area (Å²) in [5.41, 5.74) is 8.52. The fourth-order valence-electron chi connectivity index (χ4n) is 2.57. The lowest BCUT2D eigenvalue weighted by Gasteiger charge is -2.24. The van der Waals surface area contributed by atoms with Crippen LogP contribution in [0.15, 0.2) is 34.9 Å². The lowest BCUT2D eigenvalue weighted by molar-refractivity contribution is 0.462. The van der Waals surface area contributed by atoms with Crippen LogP contribution >= 0.6 is 0 Å². The molecule has 0 unspecified atom stereocenters. The van der Waals surface area contributed by atoms with E-state index in [1.165, 1.54) is 18.4 Å². The maximum Gasteiger partial charge on any atom is 0.133 e. The third-order valence-electron chi connectivity index (χ3n) is 3.52. The van der Waals surface area contributed by atoms with E-state index in [1.54, 1.807) is 6.26 Å². The van der Waals surface area contributed by atoms with Crippen molar-refractivity contribution in [3.63, 3.8) is 0 Å². The highest BCUT2D eigenvalue weighted by molar-refractivity contribution is 5.78. The molecule has 1 aromatic heterocycles. The Bertz CT molecular complexity index is 480. The lowest BCUT2D eigenvalue weighted by Crippen LogP contribution is -2.32. The normalized spacial score (nSPS) is 19.8. The zero-order valence-electron chi connectivity index (χ0n) is 8.70. The van der Waals surface area contributed by atoms with Crippen LogP contribution in [0.4, 0.5) is 0 Å². The van der Waals surface area contributed by atoms with Crippen molar-refractivity contribution in [1.29, 1.82) is 0 Å². The number of hydrogen-bond acceptors (Lipinski definition) is 2. The Balaban J connectivity index is 2.10. The monoisotopic (exact) mass is 201 g/mol. The van der Waals surface area contributed by atoms with Crippen LogP contribution < -0.4 is 5.73 Å². The Morgan fingerprint density at radius 2 is 1.93 bits per heavy atom. The first-order valence-corrected chi connectivity index (χ1v) is 5.55. The van der Waals surface area contributed by atoms with Gasteiger partial charge < -0.3 is 10.2 Å². The predicted octanol–water partition coefficient (Wildman–Crippen LogP) is 3.16. The molecule has 1 aliphatic rings. The second-order valence-corrected chi connectivity index (χ2v) is 4.54. The standard InChI is InChI=1S/C13H15NO/c14-13(6-1-2-7-13)11-3-4-12-10(9-11)5-8-15-12/h3-5,8-9H,1-2,6-7,14H2. The van der Waals surface area contributed by atoms with Gasteiger partial charge in [-0.25, -0.2) is 0 Å². The summed E-state index contributed by atoms with van der Waals surface area (Å²) in [4.78, 5) is 0. The molecule has 2 heteroatoms. The summed E-state index contributed by atoms with van der Waals surface area (Å²) in [6, 6.07) is 8.30. The zero-order valence-corrected chi connectivity index (χ0v) is 8.70. The molecule has 0 bridgehead atoms. The van der Waals surface area contributed by atoms with Crippen molar-refractivity contribution in [2.75, 3.05) is 0 Å². The maximum absolute atomic E-state index is 6.41. The van der Waals surface area contributed by atoms with E-state index in [-0.39, 0.29) is 5.54 Å². The highest BCUT2D eigenvalue weighted by Crippen LogP contribution is 2.37. The van der Waals surface area contributed by atoms with Crippen molar-refractivity contribution < 1.29 is 4.42 Å². The molecular weight excluding hydrogens is 186 g/mol. The van der Waals surface area contributed by atoms with Gasteiger partial charge in [-0.1, -0.05) is 18.9 Å². The molecule has 3 rings (SSSR count). The van der Waals surface area contributed by atoms with E-state index < -0.39 is 0 Å². The van der Waals surface area contributed by atoms with Gasteiger partial charge in [0, 0.05) is 10.9 Å². The van der Waals surface area contributed by atoms with Gasteiger partial charge >= 0.3 is 0 Å². The van der Waals surface area contributed by atoms with Crippen LogP contribution in [0.1, 0.15) is 31.2 Å². The highest BCUT2D eigenvalue weighted by atomic mass is 16.3. The summed E-state index contributed by atoms with van der Waals surface area (Å²) in [5.74, 6) is 0. The maximum atomic E-state index is 6.41. The topological polar surface area (TPSA) is 39.2 Å². The van der Waals surface area contributed by atoms with Crippen LogP contribution in [0.2, 0.25) is 0 Å². The number of fused-ring (bicyclic) bond motifs is 1. The van der Waals surface area contributed by atoms with Crippen molar-refractivity contribution in [1.82, 2.24) is 0 Å². The Kier molecular flexibility index (Phi) is 1.86. The van der Waals surface area contributed by atoms with Crippen molar-refractivity contribution in [3.05, 3.63) is 36.1 Å². The number of nitrogens with two attached hydrogens (primary N) is 1. The second-order valence-electron chi connectivity index (χ2n) is 4.54. The van der Waals surface area contributed by atoms with Gasteiger partial charge in [-0.3, -0.25) is 0 Å². The van der Waals surface area contributed by atoms with Gasteiger partial charge in [-0.15, -0.1) is 0 Å². The van der Waals surface area contributed by atoms with Gasteiger partial charge in [-0.05, 0) is 36.6 Å². The molecule has 15 heavy (non-hydrogen) atoms. The summed E-state index contributed by atoms with van der Waals surface area (Å²) >= 11 is 0. The van der Waals surface area contributed by atoms with Crippen LogP contribution in [0, 0.1) is 0 Å². The SMILES string of the molecule is NC1(c2ccc3occc3c2)CCCC1. The third-order valence-corrected chi connectivity index (χ3v) is 3.52. The Hall–Kier alpha value is -1.28. The van der Waals surface area contributed by atoms with Gasteiger partial charge in [0.2, 0.25) is 0 Å². The van der Waals surface area contributed by atoms with E-state index in [2.05, 4.69) is 12.1 Å². The molecule has 1 fully saturated rings. The second kappa shape index (κ2) is 3.11. The van der Waals surface area contributed by atoms with Crippen LogP contribution in [-0.2, 0) is 5.54 Å². The molecular formula is C13H15NO. The third kappa shape index (κ3) is 1.37. The lowest BCUT2D eigenvalue weighted by atomic mass is 9.89. The molecule has 0 spiro atoms. The molecule has 0 radical (unpaired) electrons. The summed E-state index contributed by atoms with van der Waals surface area (Å²) in [5, 5.41) is 1.16. The molecule has 2 N–H and O–H groups in total. The molecule has 1 saturated carbocycles. The van der Waals surface area contributed by atoms with E-state index in [1.807, 2.05) is 12.1 Å². The van der Waals surface area contributed by atoms with Crippen molar-refractivity contribution in [2.45, 2.75) is 31.2 Å². The molecule has 1 heterocycles. The van der Waals surface area contributed by atoms with E-state index in [4.69, 9.17) is 10.2 Å². The molecule has 0 amide bonds. The smallest absolute Gasteiger partial charge is 0.133 e. The summed E-state index contributed by atoms with van der Waals surface area (Å²) in [7, 11) is 0. The minimum absolute atomic E-state index is 0.0918. The van der Waals surface area contributed by atoms with Crippen molar-refractivity contribution >= 4 is 11.0 Å². The number of rotatable bonds is 1. The van der Waals surface area contributed by atoms with Crippen LogP contribution in [0.25, 0.3) is 11.0 Å². The summed E-state index contributed by atoms with van der Waals surface area (Å²) < 4.78 is 5.33. The molecule has 2 nitrogen and oxygen atoms in total. The average Bonchev–Trinajstić information content (AvgIpc) is 2.85. The minimum Gasteiger partial charge on any atom is -0.464 e. The Labute approximate surface area is 89.1 Å². The Morgan fingerprint density at radius 1 is 1.13 bits per heavy atom. The van der Waals surface area contributed by atoms with Crippen molar-refractivity contribution in [3.8, 4) is 0 Å². The van der Waals surface area contributed by atoms with Crippen molar-refractivity contribution in [2.24, 2.45) is 5.73 Å². The van der Waals surface area contributed by atoms with E-state index in [9.17, 15) is 0 Å². The minimum atomic E-state index is -0.0918. The largest absolute Gasteiger partial charge is 0.464 e. The van der Waals surface area contributed by atoms with Crippen LogP contribution in [0.5, 0.6) is 0 Å². The molecule has 1 aliphatic carbocycles.